The van der Waals surface area contributed by atoms with Crippen molar-refractivity contribution in [2.75, 3.05) is 10.6 Å². The molecule has 0 atom stereocenters. The first-order valence-corrected chi connectivity index (χ1v) is 10.5. The molecule has 0 bridgehead atoms. The molecule has 1 amide bonds. The van der Waals surface area contributed by atoms with E-state index in [4.69, 9.17) is 4.74 Å². The number of hydrogen-bond acceptors (Lipinski definition) is 8. The Morgan fingerprint density at radius 1 is 1.11 bits per heavy atom. The summed E-state index contributed by atoms with van der Waals surface area (Å²) in [6.45, 7) is 3.45. The average molecular weight is 484 g/mol. The summed E-state index contributed by atoms with van der Waals surface area (Å²) < 4.78 is 20.3. The van der Waals surface area contributed by atoms with Crippen LogP contribution in [-0.2, 0) is 4.79 Å². The minimum absolute atomic E-state index is 0.0329. The maximum atomic E-state index is 13.6. The van der Waals surface area contributed by atoms with Gasteiger partial charge < -0.3 is 15.4 Å². The number of pyridine rings is 2. The van der Waals surface area contributed by atoms with E-state index in [9.17, 15) is 14.0 Å². The summed E-state index contributed by atoms with van der Waals surface area (Å²) in [5, 5.41) is 12.7. The first-order chi connectivity index (χ1) is 17.5. The number of amides is 1. The molecule has 5 rings (SSSR count). The van der Waals surface area contributed by atoms with Crippen LogP contribution >= 0.6 is 0 Å². The summed E-state index contributed by atoms with van der Waals surface area (Å²) in [7, 11) is 0. The maximum absolute atomic E-state index is 13.6. The number of nitrogens with zero attached hydrogens (tertiary/aromatic N) is 5. The van der Waals surface area contributed by atoms with E-state index >= 15 is 0 Å². The van der Waals surface area contributed by atoms with Crippen LogP contribution in [0.15, 0.2) is 84.7 Å². The van der Waals surface area contributed by atoms with Gasteiger partial charge in [-0.3, -0.25) is 19.3 Å². The fourth-order valence-electron chi connectivity index (χ4n) is 3.34. The van der Waals surface area contributed by atoms with Crippen molar-refractivity contribution in [3.8, 4) is 17.3 Å². The van der Waals surface area contributed by atoms with Crippen LogP contribution in [0.3, 0.4) is 0 Å². The summed E-state index contributed by atoms with van der Waals surface area (Å²) in [4.78, 5) is 38.1. The summed E-state index contributed by atoms with van der Waals surface area (Å²) in [6, 6.07) is 10.6. The molecule has 4 heterocycles. The molecule has 4 aromatic heterocycles. The lowest BCUT2D eigenvalue weighted by Crippen LogP contribution is -2.21. The van der Waals surface area contributed by atoms with E-state index in [0.717, 1.165) is 12.3 Å². The van der Waals surface area contributed by atoms with E-state index in [1.807, 2.05) is 0 Å². The lowest BCUT2D eigenvalue weighted by Gasteiger charge is -2.14. The number of anilines is 3. The van der Waals surface area contributed by atoms with Gasteiger partial charge in [0.25, 0.3) is 5.56 Å². The zero-order valence-electron chi connectivity index (χ0n) is 18.5. The molecule has 5 aromatic rings. The molecular weight excluding hydrogens is 467 g/mol. The first-order valence-electron chi connectivity index (χ1n) is 10.5. The van der Waals surface area contributed by atoms with Crippen LogP contribution in [0.25, 0.3) is 16.7 Å². The first kappa shape index (κ1) is 22.4. The molecule has 178 valence electrons. The highest BCUT2D eigenvalue weighted by Crippen LogP contribution is 2.25. The topological polar surface area (TPSA) is 140 Å². The lowest BCUT2D eigenvalue weighted by molar-refractivity contribution is -0.111. The highest BCUT2D eigenvalue weighted by atomic mass is 19.1. The van der Waals surface area contributed by atoms with E-state index in [2.05, 4.69) is 42.4 Å². The Balaban J connectivity index is 1.67. The number of aromatic amines is 1. The summed E-state index contributed by atoms with van der Waals surface area (Å²) >= 11 is 0. The van der Waals surface area contributed by atoms with Crippen molar-refractivity contribution >= 4 is 34.3 Å². The number of nitrogens with one attached hydrogen (secondary N) is 3. The molecule has 12 heteroatoms. The van der Waals surface area contributed by atoms with Crippen molar-refractivity contribution in [3.05, 3.63) is 96.1 Å². The van der Waals surface area contributed by atoms with Crippen LogP contribution in [0.5, 0.6) is 11.6 Å². The molecule has 11 nitrogen and oxygen atoms in total. The number of H-pyrrole nitrogens is 1. The Hall–Kier alpha value is -5.39. The Bertz CT molecular complexity index is 1630. The fraction of sp³-hybridized carbons (Fsp3) is 0. The second-order valence-electron chi connectivity index (χ2n) is 7.39. The number of halogens is 1. The van der Waals surface area contributed by atoms with Crippen LogP contribution < -0.4 is 20.9 Å². The molecule has 0 saturated carbocycles. The summed E-state index contributed by atoms with van der Waals surface area (Å²) in [5.74, 6) is -0.769. The summed E-state index contributed by atoms with van der Waals surface area (Å²) in [6.07, 6.45) is 6.82. The normalized spacial score (nSPS) is 10.7. The Morgan fingerprint density at radius 2 is 2.00 bits per heavy atom. The Kier molecular flexibility index (Phi) is 5.89. The minimum atomic E-state index is -0.561. The molecule has 1 aromatic carbocycles. The SMILES string of the molecule is C=CC(=O)Nc1cccc(-n2c(=O)c(Oc3ccc(F)cn3)cc3cnc(Nc4cn[nH]c4)nc32)c1. The molecule has 3 N–H and O–H groups in total. The van der Waals surface area contributed by atoms with E-state index in [0.29, 0.717) is 22.4 Å². The lowest BCUT2D eigenvalue weighted by atomic mass is 10.2. The van der Waals surface area contributed by atoms with Gasteiger partial charge in [0.1, 0.15) is 5.82 Å². The predicted octanol–water partition coefficient (Wildman–Crippen LogP) is 3.70. The van der Waals surface area contributed by atoms with E-state index < -0.39 is 17.3 Å². The van der Waals surface area contributed by atoms with Crippen LogP contribution in [0, 0.1) is 5.82 Å². The standard InChI is InChI=1S/C24H17FN8O3/c1-2-20(34)30-16-4-3-5-18(9-16)33-22-14(10-27-24(32-22)31-17-12-28-29-13-17)8-19(23(33)35)36-21-7-6-15(25)11-26-21/h2-13H,1H2,(H,28,29)(H,30,34)(H,27,31,32). The molecule has 36 heavy (non-hydrogen) atoms. The number of aromatic nitrogens is 6. The molecule has 0 saturated heterocycles. The van der Waals surface area contributed by atoms with Gasteiger partial charge in [-0.05, 0) is 36.4 Å². The van der Waals surface area contributed by atoms with Crippen molar-refractivity contribution in [1.82, 2.24) is 29.7 Å². The van der Waals surface area contributed by atoms with Gasteiger partial charge >= 0.3 is 0 Å². The van der Waals surface area contributed by atoms with Crippen LogP contribution in [-0.4, -0.2) is 35.6 Å². The molecule has 0 spiro atoms. The van der Waals surface area contributed by atoms with Crippen molar-refractivity contribution in [1.29, 1.82) is 0 Å². The van der Waals surface area contributed by atoms with Crippen molar-refractivity contribution in [2.45, 2.75) is 0 Å². The number of carbonyl (C=O) groups excluding carboxylic acids is 1. The zero-order chi connectivity index (χ0) is 25.1. The minimum Gasteiger partial charge on any atom is -0.433 e. The third kappa shape index (κ3) is 4.63. The largest absolute Gasteiger partial charge is 0.433 e. The van der Waals surface area contributed by atoms with Gasteiger partial charge in [-0.15, -0.1) is 0 Å². The monoisotopic (exact) mass is 484 g/mol. The number of ether oxygens (including phenoxy) is 1. The molecular formula is C24H17FN8O3. The second-order valence-corrected chi connectivity index (χ2v) is 7.39. The van der Waals surface area contributed by atoms with Crippen molar-refractivity contribution in [2.24, 2.45) is 0 Å². The van der Waals surface area contributed by atoms with E-state index in [1.165, 1.54) is 29.0 Å². The highest BCUT2D eigenvalue weighted by Gasteiger charge is 2.16. The van der Waals surface area contributed by atoms with Crippen LogP contribution in [0.2, 0.25) is 0 Å². The zero-order valence-corrected chi connectivity index (χ0v) is 18.5. The van der Waals surface area contributed by atoms with Crippen molar-refractivity contribution in [3.63, 3.8) is 0 Å². The van der Waals surface area contributed by atoms with Crippen LogP contribution in [0.4, 0.5) is 21.7 Å². The Labute approximate surface area is 202 Å². The number of benzene rings is 1. The molecule has 0 aliphatic heterocycles. The number of fused-ring (bicyclic) bond motifs is 1. The number of carbonyl (C=O) groups is 1. The smallest absolute Gasteiger partial charge is 0.299 e. The molecule has 0 unspecified atom stereocenters. The third-order valence-electron chi connectivity index (χ3n) is 4.93. The van der Waals surface area contributed by atoms with E-state index in [1.54, 1.807) is 36.7 Å². The maximum Gasteiger partial charge on any atom is 0.299 e. The van der Waals surface area contributed by atoms with E-state index in [-0.39, 0.29) is 23.2 Å². The van der Waals surface area contributed by atoms with Gasteiger partial charge in [-0.25, -0.2) is 14.4 Å². The quantitative estimate of drug-likeness (QED) is 0.297. The van der Waals surface area contributed by atoms with Gasteiger partial charge in [-0.1, -0.05) is 12.6 Å². The van der Waals surface area contributed by atoms with Crippen molar-refractivity contribution < 1.29 is 13.9 Å². The van der Waals surface area contributed by atoms with Crippen LogP contribution in [0.1, 0.15) is 0 Å². The second kappa shape index (κ2) is 9.46. The van der Waals surface area contributed by atoms with Gasteiger partial charge in [0, 0.05) is 29.5 Å². The fourth-order valence-corrected chi connectivity index (χ4v) is 3.34. The highest BCUT2D eigenvalue weighted by molar-refractivity contribution is 5.99. The average Bonchev–Trinajstić information content (AvgIpc) is 3.39. The van der Waals surface area contributed by atoms with Gasteiger partial charge in [0.2, 0.25) is 17.7 Å². The number of rotatable bonds is 7. The Morgan fingerprint density at radius 3 is 2.75 bits per heavy atom. The third-order valence-corrected chi connectivity index (χ3v) is 4.93. The van der Waals surface area contributed by atoms with Gasteiger partial charge in [-0.2, -0.15) is 10.1 Å². The predicted molar refractivity (Wildman–Crippen MR) is 130 cm³/mol. The molecule has 0 radical (unpaired) electrons. The van der Waals surface area contributed by atoms with Gasteiger partial charge in [0.15, 0.2) is 11.4 Å². The number of hydrogen-bond donors (Lipinski definition) is 3. The molecule has 0 aliphatic rings. The summed E-state index contributed by atoms with van der Waals surface area (Å²) in [5.41, 5.74) is 1.17. The molecule has 0 fully saturated rings. The molecule has 0 aliphatic carbocycles. The van der Waals surface area contributed by atoms with Gasteiger partial charge in [0.05, 0.1) is 23.8 Å².